The third kappa shape index (κ3) is 1.20. The molecule has 0 aromatic rings. The Morgan fingerprint density at radius 2 is 2.45 bits per heavy atom. The topological polar surface area (TPSA) is 29.1 Å². The molecule has 2 nitrogen and oxygen atoms in total. The third-order valence-electron chi connectivity index (χ3n) is 2.28. The van der Waals surface area contributed by atoms with Crippen LogP contribution >= 0.6 is 0 Å². The van der Waals surface area contributed by atoms with Gasteiger partial charge in [0.25, 0.3) is 0 Å². The first kappa shape index (κ1) is 6.65. The Morgan fingerprint density at radius 3 is 3.36 bits per heavy atom. The Labute approximate surface area is 66.0 Å². The lowest BCUT2D eigenvalue weighted by Crippen LogP contribution is -2.33. The van der Waals surface area contributed by atoms with Crippen LogP contribution in [-0.2, 0) is 4.79 Å². The van der Waals surface area contributed by atoms with Gasteiger partial charge in [-0.15, -0.1) is 0 Å². The standard InChI is InChI=1S/C9H11NO/c11-9-6-5-7-3-1-2-4-8(7)10-9/h1-2,4,7H,3,5-6H2,(H,10,11). The molecule has 0 radical (unpaired) electrons. The van der Waals surface area contributed by atoms with E-state index in [1.54, 1.807) is 0 Å². The Bertz CT molecular complexity index is 240. The number of nitrogens with one attached hydrogen (secondary N) is 1. The monoisotopic (exact) mass is 149 g/mol. The molecule has 1 N–H and O–H groups in total. The van der Waals surface area contributed by atoms with Gasteiger partial charge < -0.3 is 5.32 Å². The maximum absolute atomic E-state index is 10.9. The van der Waals surface area contributed by atoms with Crippen molar-refractivity contribution in [1.82, 2.24) is 5.32 Å². The lowest BCUT2D eigenvalue weighted by Gasteiger charge is -2.26. The summed E-state index contributed by atoms with van der Waals surface area (Å²) in [5.41, 5.74) is 1.11. The minimum absolute atomic E-state index is 0.169. The fraction of sp³-hybridized carbons (Fsp3) is 0.444. The van der Waals surface area contributed by atoms with Gasteiger partial charge in [0.2, 0.25) is 5.91 Å². The SMILES string of the molecule is O=C1CCC2CC=CC=C2N1. The summed E-state index contributed by atoms with van der Waals surface area (Å²) in [5.74, 6) is 0.750. The Hall–Kier alpha value is -1.05. The van der Waals surface area contributed by atoms with Gasteiger partial charge in [-0.2, -0.15) is 0 Å². The maximum Gasteiger partial charge on any atom is 0.224 e. The number of carbonyl (C=O) groups is 1. The molecule has 2 rings (SSSR count). The summed E-state index contributed by atoms with van der Waals surface area (Å²) in [7, 11) is 0. The number of amides is 1. The summed E-state index contributed by atoms with van der Waals surface area (Å²) in [6, 6.07) is 0. The van der Waals surface area contributed by atoms with Gasteiger partial charge in [0.15, 0.2) is 0 Å². The molecule has 0 spiro atoms. The van der Waals surface area contributed by atoms with Crippen molar-refractivity contribution >= 4 is 5.91 Å². The van der Waals surface area contributed by atoms with Crippen LogP contribution in [0.5, 0.6) is 0 Å². The summed E-state index contributed by atoms with van der Waals surface area (Å²) >= 11 is 0. The number of piperidine rings is 1. The second kappa shape index (κ2) is 2.53. The van der Waals surface area contributed by atoms with Crippen molar-refractivity contribution in [3.63, 3.8) is 0 Å². The second-order valence-corrected chi connectivity index (χ2v) is 3.07. The fourth-order valence-corrected chi connectivity index (χ4v) is 1.62. The highest BCUT2D eigenvalue weighted by molar-refractivity contribution is 5.79. The zero-order valence-electron chi connectivity index (χ0n) is 6.34. The van der Waals surface area contributed by atoms with E-state index in [1.807, 2.05) is 12.2 Å². The Kier molecular flexibility index (Phi) is 1.53. The molecule has 0 aromatic carbocycles. The van der Waals surface area contributed by atoms with Gasteiger partial charge in [0.1, 0.15) is 0 Å². The van der Waals surface area contributed by atoms with E-state index in [0.717, 1.165) is 18.5 Å². The number of carbonyl (C=O) groups excluding carboxylic acids is 1. The molecule has 1 saturated heterocycles. The fourth-order valence-electron chi connectivity index (χ4n) is 1.62. The highest BCUT2D eigenvalue weighted by Gasteiger charge is 2.22. The summed E-state index contributed by atoms with van der Waals surface area (Å²) < 4.78 is 0. The van der Waals surface area contributed by atoms with Gasteiger partial charge in [-0.3, -0.25) is 4.79 Å². The van der Waals surface area contributed by atoms with Crippen LogP contribution in [-0.4, -0.2) is 5.91 Å². The van der Waals surface area contributed by atoms with E-state index in [1.165, 1.54) is 0 Å². The van der Waals surface area contributed by atoms with Gasteiger partial charge in [-0.25, -0.2) is 0 Å². The molecule has 11 heavy (non-hydrogen) atoms. The van der Waals surface area contributed by atoms with Crippen LogP contribution in [0.25, 0.3) is 0 Å². The molecule has 2 heteroatoms. The van der Waals surface area contributed by atoms with Crippen molar-refractivity contribution < 1.29 is 4.79 Å². The van der Waals surface area contributed by atoms with Gasteiger partial charge in [0, 0.05) is 18.0 Å². The summed E-state index contributed by atoms with van der Waals surface area (Å²) in [6.45, 7) is 0. The number of hydrogen-bond donors (Lipinski definition) is 1. The number of rotatable bonds is 0. The molecular weight excluding hydrogens is 138 g/mol. The molecular formula is C9H11NO. The molecule has 1 heterocycles. The summed E-state index contributed by atoms with van der Waals surface area (Å²) in [5, 5.41) is 2.89. The van der Waals surface area contributed by atoms with Crippen LogP contribution in [0.2, 0.25) is 0 Å². The molecule has 1 aliphatic heterocycles. The van der Waals surface area contributed by atoms with Crippen molar-refractivity contribution in [1.29, 1.82) is 0 Å². The lowest BCUT2D eigenvalue weighted by molar-refractivity contribution is -0.121. The van der Waals surface area contributed by atoms with E-state index >= 15 is 0 Å². The highest BCUT2D eigenvalue weighted by atomic mass is 16.1. The van der Waals surface area contributed by atoms with E-state index < -0.39 is 0 Å². The van der Waals surface area contributed by atoms with Gasteiger partial charge in [-0.05, 0) is 18.9 Å². The smallest absolute Gasteiger partial charge is 0.224 e. The summed E-state index contributed by atoms with van der Waals surface area (Å²) in [6.07, 6.45) is 8.97. The normalized spacial score (nSPS) is 28.9. The minimum atomic E-state index is 0.169. The molecule has 1 atom stereocenters. The number of fused-ring (bicyclic) bond motifs is 1. The quantitative estimate of drug-likeness (QED) is 0.553. The van der Waals surface area contributed by atoms with Crippen molar-refractivity contribution in [3.8, 4) is 0 Å². The molecule has 2 aliphatic rings. The lowest BCUT2D eigenvalue weighted by atomic mass is 9.89. The summed E-state index contributed by atoms with van der Waals surface area (Å²) in [4.78, 5) is 10.9. The first-order chi connectivity index (χ1) is 5.36. The van der Waals surface area contributed by atoms with Gasteiger partial charge in [0.05, 0.1) is 0 Å². The molecule has 0 aromatic heterocycles. The van der Waals surface area contributed by atoms with Crippen LogP contribution in [0, 0.1) is 5.92 Å². The van der Waals surface area contributed by atoms with E-state index in [2.05, 4.69) is 11.4 Å². The van der Waals surface area contributed by atoms with E-state index in [9.17, 15) is 4.79 Å². The Morgan fingerprint density at radius 1 is 1.55 bits per heavy atom. The highest BCUT2D eigenvalue weighted by Crippen LogP contribution is 2.26. The zero-order chi connectivity index (χ0) is 7.68. The molecule has 1 unspecified atom stereocenters. The van der Waals surface area contributed by atoms with Gasteiger partial charge in [-0.1, -0.05) is 12.2 Å². The number of allylic oxidation sites excluding steroid dienone is 4. The van der Waals surface area contributed by atoms with Crippen LogP contribution in [0.15, 0.2) is 23.9 Å². The van der Waals surface area contributed by atoms with Crippen LogP contribution in [0.4, 0.5) is 0 Å². The molecule has 0 saturated carbocycles. The molecule has 0 bridgehead atoms. The zero-order valence-corrected chi connectivity index (χ0v) is 6.34. The van der Waals surface area contributed by atoms with Crippen LogP contribution in [0.1, 0.15) is 19.3 Å². The van der Waals surface area contributed by atoms with Gasteiger partial charge >= 0.3 is 0 Å². The third-order valence-corrected chi connectivity index (χ3v) is 2.28. The average molecular weight is 149 g/mol. The predicted molar refractivity (Wildman–Crippen MR) is 42.7 cm³/mol. The predicted octanol–water partition coefficient (Wildman–Crippen LogP) is 1.36. The minimum Gasteiger partial charge on any atom is -0.329 e. The average Bonchev–Trinajstić information content (AvgIpc) is 2.04. The van der Waals surface area contributed by atoms with E-state index in [0.29, 0.717) is 12.3 Å². The molecule has 1 fully saturated rings. The molecule has 1 aliphatic carbocycles. The molecule has 1 amide bonds. The van der Waals surface area contributed by atoms with Crippen molar-refractivity contribution in [2.24, 2.45) is 5.92 Å². The first-order valence-corrected chi connectivity index (χ1v) is 4.03. The van der Waals surface area contributed by atoms with Crippen LogP contribution in [0.3, 0.4) is 0 Å². The molecule has 58 valence electrons. The first-order valence-electron chi connectivity index (χ1n) is 4.03. The van der Waals surface area contributed by atoms with Crippen molar-refractivity contribution in [2.75, 3.05) is 0 Å². The van der Waals surface area contributed by atoms with Crippen molar-refractivity contribution in [2.45, 2.75) is 19.3 Å². The maximum atomic E-state index is 10.9. The second-order valence-electron chi connectivity index (χ2n) is 3.07. The van der Waals surface area contributed by atoms with E-state index in [-0.39, 0.29) is 5.91 Å². The Balaban J connectivity index is 2.18. The van der Waals surface area contributed by atoms with Crippen LogP contribution < -0.4 is 5.32 Å². The number of hydrogen-bond acceptors (Lipinski definition) is 1. The van der Waals surface area contributed by atoms with E-state index in [4.69, 9.17) is 0 Å². The van der Waals surface area contributed by atoms with Crippen molar-refractivity contribution in [3.05, 3.63) is 23.9 Å². The largest absolute Gasteiger partial charge is 0.329 e.